The number of thioether (sulfide) groups is 1. The van der Waals surface area contributed by atoms with E-state index < -0.39 is 11.0 Å². The van der Waals surface area contributed by atoms with Crippen molar-refractivity contribution in [2.24, 2.45) is 5.73 Å². The first-order valence-corrected chi connectivity index (χ1v) is 6.68. The van der Waals surface area contributed by atoms with Crippen LogP contribution in [0.15, 0.2) is 33.9 Å². The molecule has 2 rings (SSSR count). The third-order valence-electron chi connectivity index (χ3n) is 2.28. The van der Waals surface area contributed by atoms with Gasteiger partial charge in [0, 0.05) is 23.4 Å². The van der Waals surface area contributed by atoms with Crippen molar-refractivity contribution in [3.63, 3.8) is 0 Å². The average Bonchev–Trinajstić information content (AvgIpc) is 2.92. The molecule has 0 aliphatic rings. The zero-order chi connectivity index (χ0) is 15.2. The zero-order valence-electron chi connectivity index (χ0n) is 10.6. The normalized spacial score (nSPS) is 10.3. The van der Waals surface area contributed by atoms with E-state index >= 15 is 0 Å². The molecule has 2 aromatic rings. The number of aromatic nitrogens is 2. The Labute approximate surface area is 122 Å². The van der Waals surface area contributed by atoms with Crippen LogP contribution in [0.25, 0.3) is 11.5 Å². The summed E-state index contributed by atoms with van der Waals surface area (Å²) in [6.45, 7) is 0.134. The molecule has 1 amide bonds. The summed E-state index contributed by atoms with van der Waals surface area (Å²) in [4.78, 5) is 20.4. The minimum absolute atomic E-state index is 0.0172. The van der Waals surface area contributed by atoms with Crippen molar-refractivity contribution >= 4 is 23.5 Å². The number of primary amides is 1. The second-order valence-corrected chi connectivity index (χ2v) is 4.74. The molecule has 110 valence electrons. The SMILES string of the molecule is NC(=O)OCCSc1nnc(-c2ccc([N+](=O)[O-])cc2)o1. The van der Waals surface area contributed by atoms with Gasteiger partial charge >= 0.3 is 6.09 Å². The van der Waals surface area contributed by atoms with E-state index in [0.717, 1.165) is 0 Å². The van der Waals surface area contributed by atoms with Crippen LogP contribution >= 0.6 is 11.8 Å². The number of nitro benzene ring substituents is 1. The number of benzene rings is 1. The number of non-ortho nitro benzene ring substituents is 1. The fourth-order valence-electron chi connectivity index (χ4n) is 1.38. The van der Waals surface area contributed by atoms with Crippen molar-refractivity contribution in [2.45, 2.75) is 5.22 Å². The second-order valence-electron chi connectivity index (χ2n) is 3.69. The van der Waals surface area contributed by atoms with Gasteiger partial charge in [-0.05, 0) is 12.1 Å². The van der Waals surface area contributed by atoms with Crippen molar-refractivity contribution in [2.75, 3.05) is 12.4 Å². The van der Waals surface area contributed by atoms with E-state index in [0.29, 0.717) is 16.5 Å². The lowest BCUT2D eigenvalue weighted by atomic mass is 10.2. The quantitative estimate of drug-likeness (QED) is 0.369. The molecule has 0 radical (unpaired) electrons. The van der Waals surface area contributed by atoms with E-state index in [1.807, 2.05) is 0 Å². The highest BCUT2D eigenvalue weighted by Gasteiger charge is 2.11. The predicted octanol–water partition coefficient (Wildman–Crippen LogP) is 1.83. The summed E-state index contributed by atoms with van der Waals surface area (Å²) < 4.78 is 9.93. The molecule has 21 heavy (non-hydrogen) atoms. The van der Waals surface area contributed by atoms with Gasteiger partial charge in [-0.25, -0.2) is 4.79 Å². The number of rotatable bonds is 6. The predicted molar refractivity (Wildman–Crippen MR) is 72.6 cm³/mol. The van der Waals surface area contributed by atoms with Crippen LogP contribution in [0.1, 0.15) is 0 Å². The molecule has 0 unspecified atom stereocenters. The van der Waals surface area contributed by atoms with Crippen molar-refractivity contribution in [1.82, 2.24) is 10.2 Å². The fraction of sp³-hybridized carbons (Fsp3) is 0.182. The van der Waals surface area contributed by atoms with Gasteiger partial charge in [0.05, 0.1) is 4.92 Å². The molecule has 1 aromatic heterocycles. The van der Waals surface area contributed by atoms with Crippen LogP contribution in [0.4, 0.5) is 10.5 Å². The summed E-state index contributed by atoms with van der Waals surface area (Å²) in [5, 5.41) is 18.5. The Morgan fingerprint density at radius 2 is 2.10 bits per heavy atom. The van der Waals surface area contributed by atoms with Crippen LogP contribution in [0.5, 0.6) is 0 Å². The molecule has 0 saturated heterocycles. The van der Waals surface area contributed by atoms with Crippen LogP contribution < -0.4 is 5.73 Å². The fourth-order valence-corrected chi connectivity index (χ4v) is 1.96. The molecule has 0 saturated carbocycles. The molecular formula is C11H10N4O5S. The number of amides is 1. The first-order valence-electron chi connectivity index (χ1n) is 5.69. The zero-order valence-corrected chi connectivity index (χ0v) is 11.4. The van der Waals surface area contributed by atoms with Gasteiger partial charge in [-0.2, -0.15) is 0 Å². The highest BCUT2D eigenvalue weighted by molar-refractivity contribution is 7.99. The lowest BCUT2D eigenvalue weighted by Gasteiger charge is -1.97. The van der Waals surface area contributed by atoms with Crippen molar-refractivity contribution in [3.05, 3.63) is 34.4 Å². The van der Waals surface area contributed by atoms with Crippen molar-refractivity contribution in [3.8, 4) is 11.5 Å². The molecular weight excluding hydrogens is 300 g/mol. The number of nitrogens with two attached hydrogens (primary N) is 1. The standard InChI is InChI=1S/C11H10N4O5S/c12-10(16)19-5-6-21-11-14-13-9(20-11)7-1-3-8(4-2-7)15(17)18/h1-4H,5-6H2,(H2,12,16). The Kier molecular flexibility index (Phi) is 4.72. The van der Waals surface area contributed by atoms with Gasteiger partial charge in [0.1, 0.15) is 6.61 Å². The third-order valence-corrected chi connectivity index (χ3v) is 3.07. The van der Waals surface area contributed by atoms with Gasteiger partial charge in [0.25, 0.3) is 10.9 Å². The van der Waals surface area contributed by atoms with Gasteiger partial charge in [-0.1, -0.05) is 11.8 Å². The smallest absolute Gasteiger partial charge is 0.404 e. The second kappa shape index (κ2) is 6.70. The number of carbonyl (C=O) groups excluding carboxylic acids is 1. The number of hydrogen-bond donors (Lipinski definition) is 1. The summed E-state index contributed by atoms with van der Waals surface area (Å²) in [5.74, 6) is 0.674. The van der Waals surface area contributed by atoms with E-state index in [1.54, 1.807) is 0 Å². The minimum atomic E-state index is -0.840. The number of nitrogens with zero attached hydrogens (tertiary/aromatic N) is 3. The topological polar surface area (TPSA) is 134 Å². The van der Waals surface area contributed by atoms with Gasteiger partial charge in [0.15, 0.2) is 0 Å². The van der Waals surface area contributed by atoms with Gasteiger partial charge in [-0.15, -0.1) is 10.2 Å². The van der Waals surface area contributed by atoms with Crippen LogP contribution in [0.2, 0.25) is 0 Å². The van der Waals surface area contributed by atoms with E-state index in [9.17, 15) is 14.9 Å². The number of ether oxygens (including phenoxy) is 1. The molecule has 10 heteroatoms. The van der Waals surface area contributed by atoms with Crippen LogP contribution in [0, 0.1) is 10.1 Å². The van der Waals surface area contributed by atoms with E-state index in [2.05, 4.69) is 14.9 Å². The first kappa shape index (κ1) is 14.8. The monoisotopic (exact) mass is 310 g/mol. The van der Waals surface area contributed by atoms with Gasteiger partial charge in [0.2, 0.25) is 5.89 Å². The molecule has 0 aliphatic heterocycles. The number of nitro groups is 1. The number of hydrogen-bond acceptors (Lipinski definition) is 8. The molecule has 2 N–H and O–H groups in total. The summed E-state index contributed by atoms with van der Waals surface area (Å²) in [5.41, 5.74) is 5.38. The van der Waals surface area contributed by atoms with Crippen LogP contribution in [0.3, 0.4) is 0 Å². The van der Waals surface area contributed by atoms with Gasteiger partial charge < -0.3 is 14.9 Å². The Morgan fingerprint density at radius 1 is 1.38 bits per heavy atom. The summed E-state index contributed by atoms with van der Waals surface area (Å²) in [6, 6.07) is 5.76. The first-order chi connectivity index (χ1) is 10.1. The molecule has 9 nitrogen and oxygen atoms in total. The maximum absolute atomic E-state index is 10.6. The summed E-state index contributed by atoms with van der Waals surface area (Å²) >= 11 is 1.20. The van der Waals surface area contributed by atoms with Crippen molar-refractivity contribution in [1.29, 1.82) is 0 Å². The highest BCUT2D eigenvalue weighted by atomic mass is 32.2. The maximum atomic E-state index is 10.6. The Hall–Kier alpha value is -2.62. The highest BCUT2D eigenvalue weighted by Crippen LogP contribution is 2.24. The Morgan fingerprint density at radius 3 is 2.71 bits per heavy atom. The average molecular weight is 310 g/mol. The molecule has 0 aliphatic carbocycles. The van der Waals surface area contributed by atoms with Crippen LogP contribution in [-0.2, 0) is 4.74 Å². The van der Waals surface area contributed by atoms with E-state index in [4.69, 9.17) is 10.2 Å². The molecule has 1 heterocycles. The van der Waals surface area contributed by atoms with Crippen LogP contribution in [-0.4, -0.2) is 33.6 Å². The molecule has 0 atom stereocenters. The Bertz CT molecular complexity index is 642. The van der Waals surface area contributed by atoms with Gasteiger partial charge in [-0.3, -0.25) is 10.1 Å². The largest absolute Gasteiger partial charge is 0.449 e. The number of carbonyl (C=O) groups is 1. The van der Waals surface area contributed by atoms with Crippen molar-refractivity contribution < 1.29 is 18.9 Å². The summed E-state index contributed by atoms with van der Waals surface area (Å²) in [6.07, 6.45) is -0.840. The molecule has 0 bridgehead atoms. The van der Waals surface area contributed by atoms with E-state index in [-0.39, 0.29) is 18.2 Å². The molecule has 0 spiro atoms. The Balaban J connectivity index is 1.96. The molecule has 1 aromatic carbocycles. The summed E-state index contributed by atoms with van der Waals surface area (Å²) in [7, 11) is 0. The minimum Gasteiger partial charge on any atom is -0.449 e. The third kappa shape index (κ3) is 4.18. The lowest BCUT2D eigenvalue weighted by Crippen LogP contribution is -2.14. The van der Waals surface area contributed by atoms with E-state index in [1.165, 1.54) is 36.0 Å². The lowest BCUT2D eigenvalue weighted by molar-refractivity contribution is -0.384. The molecule has 0 fully saturated rings. The maximum Gasteiger partial charge on any atom is 0.404 e.